The number of likely N-dealkylation sites (N-methyl/N-ethyl adjacent to an activating group) is 1. The van der Waals surface area contributed by atoms with Gasteiger partial charge < -0.3 is 14.8 Å². The topological polar surface area (TPSA) is 91.7 Å². The first kappa shape index (κ1) is 21.3. The fraction of sp³-hybridized carbons (Fsp3) is 0.227. The predicted octanol–water partition coefficient (Wildman–Crippen LogP) is 2.88. The Morgan fingerprint density at radius 1 is 1.17 bits per heavy atom. The van der Waals surface area contributed by atoms with Crippen LogP contribution in [0.15, 0.2) is 59.1 Å². The fourth-order valence-electron chi connectivity index (χ4n) is 3.07. The number of hydrogen-bond acceptors (Lipinski definition) is 6. The monoisotopic (exact) mass is 423 g/mol. The highest BCUT2D eigenvalue weighted by Crippen LogP contribution is 2.42. The molecule has 1 fully saturated rings. The average Bonchev–Trinajstić information content (AvgIpc) is 3.10. The Morgan fingerprint density at radius 2 is 1.87 bits per heavy atom. The van der Waals surface area contributed by atoms with Gasteiger partial charge in [0.2, 0.25) is 5.91 Å². The molecule has 1 heterocycles. The van der Waals surface area contributed by atoms with Crippen LogP contribution in [0.3, 0.4) is 0 Å². The van der Waals surface area contributed by atoms with Crippen LogP contribution in [0.4, 0.5) is 5.69 Å². The molecule has 2 amide bonds. The maximum Gasteiger partial charge on any atom is 0.264 e. The van der Waals surface area contributed by atoms with Gasteiger partial charge in [0, 0.05) is 13.1 Å². The molecule has 1 atom stereocenters. The largest absolute Gasteiger partial charge is 0.497 e. The van der Waals surface area contributed by atoms with E-state index in [1.807, 2.05) is 30.3 Å². The van der Waals surface area contributed by atoms with Crippen molar-refractivity contribution < 1.29 is 19.1 Å². The lowest BCUT2D eigenvalue weighted by Crippen LogP contribution is -2.31. The summed E-state index contributed by atoms with van der Waals surface area (Å²) in [6.07, 6.45) is 0.448. The smallest absolute Gasteiger partial charge is 0.264 e. The highest BCUT2D eigenvalue weighted by atomic mass is 32.2. The minimum absolute atomic E-state index is 0.101. The number of amides is 2. The second-order valence-corrected chi connectivity index (χ2v) is 7.60. The van der Waals surface area contributed by atoms with E-state index in [-0.39, 0.29) is 11.5 Å². The first-order valence-electron chi connectivity index (χ1n) is 9.16. The normalized spacial score (nSPS) is 17.3. The third kappa shape index (κ3) is 4.26. The molecule has 7 nitrogen and oxygen atoms in total. The quantitative estimate of drug-likeness (QED) is 0.567. The third-order valence-corrected chi connectivity index (χ3v) is 5.89. The van der Waals surface area contributed by atoms with E-state index in [1.54, 1.807) is 31.4 Å². The van der Waals surface area contributed by atoms with Gasteiger partial charge in [0.1, 0.15) is 28.2 Å². The van der Waals surface area contributed by atoms with E-state index in [9.17, 15) is 14.9 Å². The molecule has 1 N–H and O–H groups in total. The summed E-state index contributed by atoms with van der Waals surface area (Å²) in [5, 5.41) is 11.9. The molecule has 8 heteroatoms. The van der Waals surface area contributed by atoms with E-state index >= 15 is 0 Å². The van der Waals surface area contributed by atoms with Crippen molar-refractivity contribution in [1.29, 1.82) is 5.26 Å². The summed E-state index contributed by atoms with van der Waals surface area (Å²) in [6.45, 7) is 0. The number of carbonyl (C=O) groups is 2. The second kappa shape index (κ2) is 9.37. The van der Waals surface area contributed by atoms with Crippen LogP contribution in [0.25, 0.3) is 0 Å². The Hall–Kier alpha value is -3.44. The van der Waals surface area contributed by atoms with E-state index in [4.69, 9.17) is 9.47 Å². The number of anilines is 1. The molecule has 1 saturated heterocycles. The Bertz CT molecular complexity index is 1030. The van der Waals surface area contributed by atoms with Crippen LogP contribution in [0.5, 0.6) is 11.5 Å². The van der Waals surface area contributed by atoms with Crippen molar-refractivity contribution in [2.45, 2.75) is 11.7 Å². The minimum Gasteiger partial charge on any atom is -0.497 e. The van der Waals surface area contributed by atoms with Gasteiger partial charge in [0.25, 0.3) is 5.91 Å². The van der Waals surface area contributed by atoms with Crippen LogP contribution in [0, 0.1) is 11.3 Å². The molecule has 1 unspecified atom stereocenters. The minimum atomic E-state index is -0.536. The van der Waals surface area contributed by atoms with Crippen LogP contribution in [-0.4, -0.2) is 38.3 Å². The SMILES string of the molecule is CNC(=O)/C(C#N)=C1\SC(Cc2ccc(OC)cc2)C(=O)N1c1cccc(OC)c1. The fourth-order valence-corrected chi connectivity index (χ4v) is 4.38. The average molecular weight is 423 g/mol. The molecule has 0 saturated carbocycles. The van der Waals surface area contributed by atoms with E-state index in [0.29, 0.717) is 22.9 Å². The van der Waals surface area contributed by atoms with Crippen molar-refractivity contribution in [2.75, 3.05) is 26.2 Å². The molecule has 1 aliphatic rings. The zero-order chi connectivity index (χ0) is 21.7. The summed E-state index contributed by atoms with van der Waals surface area (Å²) in [5.74, 6) is 0.567. The van der Waals surface area contributed by atoms with Gasteiger partial charge in [-0.25, -0.2) is 0 Å². The van der Waals surface area contributed by atoms with Crippen molar-refractivity contribution in [3.63, 3.8) is 0 Å². The summed E-state index contributed by atoms with van der Waals surface area (Å²) in [6, 6.07) is 16.4. The number of hydrogen-bond donors (Lipinski definition) is 1. The van der Waals surface area contributed by atoms with Gasteiger partial charge in [-0.2, -0.15) is 5.26 Å². The lowest BCUT2D eigenvalue weighted by Gasteiger charge is -2.19. The predicted molar refractivity (Wildman–Crippen MR) is 115 cm³/mol. The van der Waals surface area contributed by atoms with Crippen LogP contribution in [0.1, 0.15) is 5.56 Å². The van der Waals surface area contributed by atoms with Gasteiger partial charge in [-0.1, -0.05) is 30.0 Å². The van der Waals surface area contributed by atoms with Crippen molar-refractivity contribution >= 4 is 29.3 Å². The number of nitriles is 1. The molecular formula is C22H21N3O4S. The van der Waals surface area contributed by atoms with Crippen LogP contribution < -0.4 is 19.7 Å². The molecule has 1 aliphatic heterocycles. The Kier molecular flexibility index (Phi) is 6.65. The highest BCUT2D eigenvalue weighted by Gasteiger charge is 2.40. The van der Waals surface area contributed by atoms with Gasteiger partial charge in [-0.3, -0.25) is 14.5 Å². The summed E-state index contributed by atoms with van der Waals surface area (Å²) < 4.78 is 10.4. The van der Waals surface area contributed by atoms with E-state index in [0.717, 1.165) is 11.3 Å². The molecule has 3 rings (SSSR count). The number of carbonyl (C=O) groups excluding carboxylic acids is 2. The molecular weight excluding hydrogens is 402 g/mol. The Balaban J connectivity index is 2.02. The molecule has 0 bridgehead atoms. The molecule has 30 heavy (non-hydrogen) atoms. The van der Waals surface area contributed by atoms with Gasteiger partial charge in [0.15, 0.2) is 0 Å². The maximum atomic E-state index is 13.3. The summed E-state index contributed by atoms with van der Waals surface area (Å²) in [4.78, 5) is 27.1. The van der Waals surface area contributed by atoms with Gasteiger partial charge >= 0.3 is 0 Å². The zero-order valence-electron chi connectivity index (χ0n) is 16.8. The van der Waals surface area contributed by atoms with E-state index in [1.165, 1.54) is 30.8 Å². The Morgan fingerprint density at radius 3 is 2.47 bits per heavy atom. The number of thioether (sulfide) groups is 1. The van der Waals surface area contributed by atoms with Gasteiger partial charge in [-0.05, 0) is 36.2 Å². The number of methoxy groups -OCH3 is 2. The van der Waals surface area contributed by atoms with Crippen LogP contribution in [0.2, 0.25) is 0 Å². The van der Waals surface area contributed by atoms with Crippen LogP contribution in [-0.2, 0) is 16.0 Å². The number of ether oxygens (including phenoxy) is 2. The number of nitrogens with one attached hydrogen (secondary N) is 1. The number of benzene rings is 2. The lowest BCUT2D eigenvalue weighted by atomic mass is 10.1. The number of rotatable bonds is 6. The standard InChI is InChI=1S/C22H21N3O4S/c1-24-20(26)18(13-23)22-25(15-5-4-6-17(12-15)29-3)21(27)19(30-22)11-14-7-9-16(28-2)10-8-14/h4-10,12,19H,11H2,1-3H3,(H,24,26)/b22-18-. The first-order chi connectivity index (χ1) is 14.5. The Labute approximate surface area is 179 Å². The van der Waals surface area contributed by atoms with Crippen molar-refractivity contribution in [3.05, 3.63) is 64.7 Å². The summed E-state index contributed by atoms with van der Waals surface area (Å²) in [7, 11) is 4.58. The second-order valence-electron chi connectivity index (χ2n) is 6.40. The highest BCUT2D eigenvalue weighted by molar-refractivity contribution is 8.05. The van der Waals surface area contributed by atoms with E-state index in [2.05, 4.69) is 5.32 Å². The summed E-state index contributed by atoms with van der Waals surface area (Å²) in [5.41, 5.74) is 1.39. The van der Waals surface area contributed by atoms with E-state index < -0.39 is 11.2 Å². The molecule has 2 aromatic carbocycles. The molecule has 154 valence electrons. The number of nitrogens with zero attached hydrogens (tertiary/aromatic N) is 2. The van der Waals surface area contributed by atoms with Gasteiger partial charge in [-0.15, -0.1) is 0 Å². The maximum absolute atomic E-state index is 13.3. The van der Waals surface area contributed by atoms with Crippen molar-refractivity contribution in [3.8, 4) is 17.6 Å². The third-order valence-electron chi connectivity index (χ3n) is 4.62. The van der Waals surface area contributed by atoms with Crippen molar-refractivity contribution in [1.82, 2.24) is 5.32 Å². The van der Waals surface area contributed by atoms with Crippen LogP contribution >= 0.6 is 11.8 Å². The zero-order valence-corrected chi connectivity index (χ0v) is 17.7. The molecule has 0 aromatic heterocycles. The molecule has 0 radical (unpaired) electrons. The molecule has 2 aromatic rings. The molecule has 0 aliphatic carbocycles. The van der Waals surface area contributed by atoms with Gasteiger partial charge in [0.05, 0.1) is 25.2 Å². The lowest BCUT2D eigenvalue weighted by molar-refractivity contribution is -0.117. The summed E-state index contributed by atoms with van der Waals surface area (Å²) >= 11 is 1.22. The first-order valence-corrected chi connectivity index (χ1v) is 10.0. The van der Waals surface area contributed by atoms with Crippen molar-refractivity contribution in [2.24, 2.45) is 0 Å². The molecule has 0 spiro atoms.